The Balaban J connectivity index is 1.39. The molecule has 0 radical (unpaired) electrons. The van der Waals surface area contributed by atoms with Crippen LogP contribution >= 0.6 is 0 Å². The fourth-order valence-electron chi connectivity index (χ4n) is 5.16. The number of phenolic OH excluding ortho intramolecular Hbond substituents is 2. The van der Waals surface area contributed by atoms with Crippen LogP contribution in [-0.4, -0.2) is 31.6 Å². The van der Waals surface area contributed by atoms with Gasteiger partial charge in [-0.2, -0.15) is 0 Å². The maximum absolute atomic E-state index is 10.7. The third kappa shape index (κ3) is 6.01. The van der Waals surface area contributed by atoms with Crippen molar-refractivity contribution in [3.05, 3.63) is 145 Å². The van der Waals surface area contributed by atoms with E-state index in [-0.39, 0.29) is 11.5 Å². The van der Waals surface area contributed by atoms with Gasteiger partial charge in [-0.05, 0) is 73.5 Å². The molecule has 0 saturated heterocycles. The molecule has 4 aromatic carbocycles. The van der Waals surface area contributed by atoms with Crippen LogP contribution in [0.25, 0.3) is 33.4 Å². The normalized spacial score (nSPS) is 11.9. The molecule has 2 heterocycles. The van der Waals surface area contributed by atoms with Crippen molar-refractivity contribution in [1.82, 2.24) is 9.97 Å². The summed E-state index contributed by atoms with van der Waals surface area (Å²) in [5.74, 6) is 0.315. The summed E-state index contributed by atoms with van der Waals surface area (Å²) in [6.45, 7) is 3.79. The number of benzene rings is 4. The number of phenols is 2. The van der Waals surface area contributed by atoms with E-state index in [1.54, 1.807) is 36.9 Å². The van der Waals surface area contributed by atoms with Crippen molar-refractivity contribution in [2.24, 2.45) is 9.98 Å². The standard InChI is InChI=1S/C38H30N4O2/c1-25(33-21-27(15-17-37(33)43)29-9-7-19-39-23-29)41-35-13-5-3-11-31(35)32-12-4-6-14-36(32)42-26(2)34-22-28(16-18-38(34)44)30-10-8-20-40-24-30/h3-24,43-44H,1-2H3. The fraction of sp³-hybridized carbons (Fsp3) is 0.0526. The van der Waals surface area contributed by atoms with Gasteiger partial charge >= 0.3 is 0 Å². The first-order valence-corrected chi connectivity index (χ1v) is 14.2. The van der Waals surface area contributed by atoms with Crippen LogP contribution < -0.4 is 0 Å². The molecular weight excluding hydrogens is 544 g/mol. The van der Waals surface area contributed by atoms with Crippen molar-refractivity contribution >= 4 is 22.8 Å². The summed E-state index contributed by atoms with van der Waals surface area (Å²) in [6.07, 6.45) is 7.07. The minimum absolute atomic E-state index is 0.158. The Morgan fingerprint density at radius 3 is 1.34 bits per heavy atom. The topological polar surface area (TPSA) is 91.0 Å². The number of hydrogen-bond acceptors (Lipinski definition) is 6. The monoisotopic (exact) mass is 574 g/mol. The van der Waals surface area contributed by atoms with Crippen LogP contribution in [0.15, 0.2) is 144 Å². The number of nitrogens with zero attached hydrogens (tertiary/aromatic N) is 4. The molecule has 6 heteroatoms. The molecule has 0 aliphatic heterocycles. The Labute approximate surface area is 256 Å². The number of aromatic hydroxyl groups is 2. The van der Waals surface area contributed by atoms with E-state index in [4.69, 9.17) is 9.98 Å². The van der Waals surface area contributed by atoms with Crippen molar-refractivity contribution < 1.29 is 10.2 Å². The van der Waals surface area contributed by atoms with Crippen LogP contribution in [0.4, 0.5) is 11.4 Å². The van der Waals surface area contributed by atoms with Gasteiger partial charge in [-0.25, -0.2) is 0 Å². The molecule has 0 aliphatic carbocycles. The largest absolute Gasteiger partial charge is 0.507 e. The second-order valence-electron chi connectivity index (χ2n) is 10.4. The maximum Gasteiger partial charge on any atom is 0.124 e. The first-order chi connectivity index (χ1) is 21.5. The molecular formula is C38H30N4O2. The number of pyridine rings is 2. The van der Waals surface area contributed by atoms with Gasteiger partial charge in [-0.1, -0.05) is 60.7 Å². The summed E-state index contributed by atoms with van der Waals surface area (Å²) >= 11 is 0. The van der Waals surface area contributed by atoms with Gasteiger partial charge in [-0.3, -0.25) is 20.0 Å². The van der Waals surface area contributed by atoms with Gasteiger partial charge in [0.05, 0.1) is 11.4 Å². The highest BCUT2D eigenvalue weighted by Gasteiger charge is 2.14. The van der Waals surface area contributed by atoms with Gasteiger partial charge in [0, 0.05) is 69.6 Å². The van der Waals surface area contributed by atoms with E-state index in [2.05, 4.69) is 9.97 Å². The fourth-order valence-corrected chi connectivity index (χ4v) is 5.16. The van der Waals surface area contributed by atoms with E-state index in [0.717, 1.165) is 44.8 Å². The average Bonchev–Trinajstić information content (AvgIpc) is 3.06. The van der Waals surface area contributed by atoms with E-state index >= 15 is 0 Å². The van der Waals surface area contributed by atoms with Gasteiger partial charge in [-0.15, -0.1) is 0 Å². The highest BCUT2D eigenvalue weighted by atomic mass is 16.3. The number of aliphatic imine (C=N–C) groups is 2. The second-order valence-corrected chi connectivity index (χ2v) is 10.4. The number of para-hydroxylation sites is 2. The molecule has 0 bridgehead atoms. The first kappa shape index (κ1) is 28.2. The van der Waals surface area contributed by atoms with Crippen LogP contribution in [-0.2, 0) is 0 Å². The predicted molar refractivity (Wildman–Crippen MR) is 178 cm³/mol. The molecule has 2 aromatic heterocycles. The van der Waals surface area contributed by atoms with E-state index in [1.807, 2.05) is 111 Å². The van der Waals surface area contributed by atoms with Crippen LogP contribution in [0.1, 0.15) is 25.0 Å². The molecule has 6 rings (SSSR count). The summed E-state index contributed by atoms with van der Waals surface area (Å²) in [4.78, 5) is 18.4. The van der Waals surface area contributed by atoms with Gasteiger partial charge in [0.15, 0.2) is 0 Å². The zero-order chi connectivity index (χ0) is 30.5. The van der Waals surface area contributed by atoms with Crippen LogP contribution in [0, 0.1) is 0 Å². The Hall–Kier alpha value is -5.88. The maximum atomic E-state index is 10.7. The summed E-state index contributed by atoms with van der Waals surface area (Å²) in [5, 5.41) is 21.5. The average molecular weight is 575 g/mol. The molecule has 0 atom stereocenters. The zero-order valence-electron chi connectivity index (χ0n) is 24.4. The third-order valence-electron chi connectivity index (χ3n) is 7.44. The van der Waals surface area contributed by atoms with Crippen molar-refractivity contribution in [3.63, 3.8) is 0 Å². The highest BCUT2D eigenvalue weighted by Crippen LogP contribution is 2.38. The van der Waals surface area contributed by atoms with Gasteiger partial charge in [0.25, 0.3) is 0 Å². The quantitative estimate of drug-likeness (QED) is 0.186. The Morgan fingerprint density at radius 2 is 0.932 bits per heavy atom. The lowest BCUT2D eigenvalue weighted by Crippen LogP contribution is -1.97. The lowest BCUT2D eigenvalue weighted by Gasteiger charge is -2.13. The minimum Gasteiger partial charge on any atom is -0.507 e. The van der Waals surface area contributed by atoms with Crippen LogP contribution in [0.2, 0.25) is 0 Å². The zero-order valence-corrected chi connectivity index (χ0v) is 24.4. The Morgan fingerprint density at radius 1 is 0.500 bits per heavy atom. The van der Waals surface area contributed by atoms with Gasteiger partial charge in [0.1, 0.15) is 11.5 Å². The number of aromatic nitrogens is 2. The second kappa shape index (κ2) is 12.5. The molecule has 0 aliphatic rings. The third-order valence-corrected chi connectivity index (χ3v) is 7.44. The van der Waals surface area contributed by atoms with Crippen LogP contribution in [0.3, 0.4) is 0 Å². The lowest BCUT2D eigenvalue weighted by atomic mass is 9.99. The van der Waals surface area contributed by atoms with E-state index in [9.17, 15) is 10.2 Å². The molecule has 0 spiro atoms. The molecule has 0 saturated carbocycles. The van der Waals surface area contributed by atoms with Crippen molar-refractivity contribution in [2.75, 3.05) is 0 Å². The summed E-state index contributed by atoms with van der Waals surface area (Å²) in [7, 11) is 0. The predicted octanol–water partition coefficient (Wildman–Crippen LogP) is 9.17. The van der Waals surface area contributed by atoms with E-state index in [1.165, 1.54) is 0 Å². The molecule has 6 aromatic rings. The molecule has 6 nitrogen and oxygen atoms in total. The summed E-state index contributed by atoms with van der Waals surface area (Å²) < 4.78 is 0. The number of rotatable bonds is 7. The molecule has 44 heavy (non-hydrogen) atoms. The molecule has 0 amide bonds. The molecule has 2 N–H and O–H groups in total. The molecule has 0 fully saturated rings. The SMILES string of the molecule is CC(=Nc1ccccc1-c1ccccc1N=C(C)c1cc(-c2cccnc2)ccc1O)c1cc(-c2cccnc2)ccc1O. The smallest absolute Gasteiger partial charge is 0.124 e. The highest BCUT2D eigenvalue weighted by molar-refractivity contribution is 6.06. The van der Waals surface area contributed by atoms with E-state index < -0.39 is 0 Å². The number of hydrogen-bond donors (Lipinski definition) is 2. The summed E-state index contributed by atoms with van der Waals surface area (Å²) in [5.41, 5.74) is 9.74. The van der Waals surface area contributed by atoms with E-state index in [0.29, 0.717) is 22.6 Å². The minimum atomic E-state index is 0.158. The Kier molecular flexibility index (Phi) is 8.06. The summed E-state index contributed by atoms with van der Waals surface area (Å²) in [6, 6.07) is 34.5. The first-order valence-electron chi connectivity index (χ1n) is 14.2. The molecule has 0 unspecified atom stereocenters. The van der Waals surface area contributed by atoms with Crippen LogP contribution in [0.5, 0.6) is 11.5 Å². The van der Waals surface area contributed by atoms with Crippen molar-refractivity contribution in [1.29, 1.82) is 0 Å². The Bertz CT molecular complexity index is 1860. The van der Waals surface area contributed by atoms with Gasteiger partial charge in [0.2, 0.25) is 0 Å². The van der Waals surface area contributed by atoms with Gasteiger partial charge < -0.3 is 10.2 Å². The van der Waals surface area contributed by atoms with Crippen molar-refractivity contribution in [3.8, 4) is 44.9 Å². The molecule has 214 valence electrons. The lowest BCUT2D eigenvalue weighted by molar-refractivity contribution is 0.473. The van der Waals surface area contributed by atoms with Crippen molar-refractivity contribution in [2.45, 2.75) is 13.8 Å².